The predicted octanol–water partition coefficient (Wildman–Crippen LogP) is 1.85. The summed E-state index contributed by atoms with van der Waals surface area (Å²) in [6, 6.07) is 17.5. The van der Waals surface area contributed by atoms with E-state index in [0.717, 1.165) is 0 Å². The summed E-state index contributed by atoms with van der Waals surface area (Å²) in [5.41, 5.74) is 5.67. The Morgan fingerprint density at radius 1 is 1.13 bits per heavy atom. The van der Waals surface area contributed by atoms with E-state index in [9.17, 15) is 15.0 Å². The topological polar surface area (TPSA) is 92.8 Å². The van der Waals surface area contributed by atoms with Gasteiger partial charge in [0.25, 0.3) is 0 Å². The highest BCUT2D eigenvalue weighted by molar-refractivity contribution is 5.76. The number of hydrogen-bond acceptors (Lipinski definition) is 5. The Bertz CT molecular complexity index is 628. The van der Waals surface area contributed by atoms with Crippen LogP contribution in [0.15, 0.2) is 60.7 Å². The third-order valence-electron chi connectivity index (χ3n) is 3.60. The Hall–Kier alpha value is -2.21. The molecule has 0 bridgehead atoms. The summed E-state index contributed by atoms with van der Waals surface area (Å²) >= 11 is 0. The van der Waals surface area contributed by atoms with Crippen LogP contribution >= 0.6 is 0 Å². The van der Waals surface area contributed by atoms with Crippen molar-refractivity contribution in [3.63, 3.8) is 0 Å². The molecule has 122 valence electrons. The molecule has 0 aromatic heterocycles. The van der Waals surface area contributed by atoms with Crippen LogP contribution in [0.25, 0.3) is 0 Å². The number of esters is 1. The summed E-state index contributed by atoms with van der Waals surface area (Å²) in [7, 11) is 0. The molecule has 5 nitrogen and oxygen atoms in total. The number of aliphatic hydroxyl groups is 2. The van der Waals surface area contributed by atoms with Crippen LogP contribution in [-0.2, 0) is 15.1 Å². The molecule has 23 heavy (non-hydrogen) atoms. The zero-order chi connectivity index (χ0) is 16.9. The lowest BCUT2D eigenvalue weighted by Crippen LogP contribution is -2.37. The number of nitrogens with two attached hydrogens (primary N) is 1. The first-order chi connectivity index (χ1) is 10.9. The van der Waals surface area contributed by atoms with E-state index in [-0.39, 0.29) is 6.42 Å². The molecule has 0 saturated heterocycles. The van der Waals surface area contributed by atoms with Crippen molar-refractivity contribution in [2.75, 3.05) is 0 Å². The van der Waals surface area contributed by atoms with Crippen LogP contribution in [0, 0.1) is 0 Å². The summed E-state index contributed by atoms with van der Waals surface area (Å²) in [4.78, 5) is 11.9. The van der Waals surface area contributed by atoms with Crippen molar-refractivity contribution in [2.24, 2.45) is 5.73 Å². The van der Waals surface area contributed by atoms with Gasteiger partial charge in [0, 0.05) is 6.42 Å². The molecule has 0 fully saturated rings. The molecule has 0 spiro atoms. The lowest BCUT2D eigenvalue weighted by molar-refractivity contribution is -0.162. The minimum atomic E-state index is -1.40. The average Bonchev–Trinajstić information content (AvgIpc) is 2.55. The molecule has 0 radical (unpaired) electrons. The van der Waals surface area contributed by atoms with Gasteiger partial charge in [0.05, 0.1) is 5.60 Å². The molecule has 0 aliphatic carbocycles. The van der Waals surface area contributed by atoms with Crippen molar-refractivity contribution in [1.29, 1.82) is 0 Å². The van der Waals surface area contributed by atoms with Crippen molar-refractivity contribution < 1.29 is 19.7 Å². The maximum atomic E-state index is 11.9. The molecule has 0 amide bonds. The Morgan fingerprint density at radius 3 is 2.22 bits per heavy atom. The van der Waals surface area contributed by atoms with E-state index >= 15 is 0 Å². The first-order valence-electron chi connectivity index (χ1n) is 7.37. The highest BCUT2D eigenvalue weighted by Crippen LogP contribution is 2.26. The normalized spacial score (nSPS) is 16.2. The second-order valence-corrected chi connectivity index (χ2v) is 5.63. The van der Waals surface area contributed by atoms with Gasteiger partial charge in [-0.1, -0.05) is 60.7 Å². The molecule has 0 aliphatic rings. The fourth-order valence-electron chi connectivity index (χ4n) is 2.33. The molecule has 2 aromatic carbocycles. The standard InChI is InChI=1S/C18H21NO4/c1-18(22,14-10-6-3-7-11-14)12-15(19)23-17(21)16(20)13-8-4-2-5-9-13/h2-11,15-16,20,22H,12,19H2,1H3. The van der Waals surface area contributed by atoms with Gasteiger partial charge in [0.1, 0.15) is 0 Å². The quantitative estimate of drug-likeness (QED) is 0.559. The lowest BCUT2D eigenvalue weighted by atomic mass is 9.92. The number of rotatable bonds is 6. The SMILES string of the molecule is CC(O)(CC(N)OC(=O)C(O)c1ccccc1)c1ccccc1. The Balaban J connectivity index is 1.96. The van der Waals surface area contributed by atoms with Gasteiger partial charge in [0.15, 0.2) is 12.3 Å². The van der Waals surface area contributed by atoms with Crippen LogP contribution in [0.1, 0.15) is 30.6 Å². The summed E-state index contributed by atoms with van der Waals surface area (Å²) < 4.78 is 5.05. The molecule has 0 saturated carbocycles. The first kappa shape index (κ1) is 17.1. The number of carbonyl (C=O) groups excluding carboxylic acids is 1. The number of hydrogen-bond donors (Lipinski definition) is 3. The van der Waals surface area contributed by atoms with Gasteiger partial charge in [-0.05, 0) is 18.1 Å². The molecular weight excluding hydrogens is 294 g/mol. The zero-order valence-corrected chi connectivity index (χ0v) is 12.9. The smallest absolute Gasteiger partial charge is 0.341 e. The Morgan fingerprint density at radius 2 is 1.65 bits per heavy atom. The molecule has 2 aromatic rings. The van der Waals surface area contributed by atoms with Gasteiger partial charge in [-0.2, -0.15) is 0 Å². The Kier molecular flexibility index (Phi) is 5.50. The molecule has 0 heterocycles. The molecule has 3 atom stereocenters. The van der Waals surface area contributed by atoms with Gasteiger partial charge < -0.3 is 14.9 Å². The summed E-state index contributed by atoms with van der Waals surface area (Å²) in [5, 5.41) is 20.5. The van der Waals surface area contributed by atoms with E-state index in [2.05, 4.69) is 0 Å². The van der Waals surface area contributed by atoms with E-state index in [1.807, 2.05) is 6.07 Å². The van der Waals surface area contributed by atoms with Crippen molar-refractivity contribution >= 4 is 5.97 Å². The van der Waals surface area contributed by atoms with Crippen LogP contribution in [0.5, 0.6) is 0 Å². The van der Waals surface area contributed by atoms with Crippen molar-refractivity contribution in [3.8, 4) is 0 Å². The second kappa shape index (κ2) is 7.37. The number of carbonyl (C=O) groups is 1. The van der Waals surface area contributed by atoms with E-state index in [0.29, 0.717) is 11.1 Å². The minimum Gasteiger partial charge on any atom is -0.444 e. The summed E-state index contributed by atoms with van der Waals surface area (Å²) in [5.74, 6) is -0.840. The first-order valence-corrected chi connectivity index (χ1v) is 7.37. The Labute approximate surface area is 135 Å². The van der Waals surface area contributed by atoms with E-state index in [1.54, 1.807) is 61.5 Å². The minimum absolute atomic E-state index is 0.0181. The predicted molar refractivity (Wildman–Crippen MR) is 86.1 cm³/mol. The van der Waals surface area contributed by atoms with Gasteiger partial charge in [0.2, 0.25) is 0 Å². The van der Waals surface area contributed by atoms with E-state index in [1.165, 1.54) is 0 Å². The van der Waals surface area contributed by atoms with Crippen LogP contribution in [0.4, 0.5) is 0 Å². The van der Waals surface area contributed by atoms with Crippen LogP contribution < -0.4 is 5.73 Å². The molecule has 0 aliphatic heterocycles. The van der Waals surface area contributed by atoms with Crippen LogP contribution in [0.3, 0.4) is 0 Å². The lowest BCUT2D eigenvalue weighted by Gasteiger charge is -2.27. The largest absolute Gasteiger partial charge is 0.444 e. The molecule has 5 heteroatoms. The fraction of sp³-hybridized carbons (Fsp3) is 0.278. The molecule has 4 N–H and O–H groups in total. The zero-order valence-electron chi connectivity index (χ0n) is 12.9. The maximum absolute atomic E-state index is 11.9. The van der Waals surface area contributed by atoms with Crippen molar-refractivity contribution in [2.45, 2.75) is 31.3 Å². The van der Waals surface area contributed by atoms with Gasteiger partial charge in [-0.3, -0.25) is 5.73 Å². The van der Waals surface area contributed by atoms with Gasteiger partial charge in [-0.15, -0.1) is 0 Å². The van der Waals surface area contributed by atoms with Crippen molar-refractivity contribution in [1.82, 2.24) is 0 Å². The molecular formula is C18H21NO4. The monoisotopic (exact) mass is 315 g/mol. The second-order valence-electron chi connectivity index (χ2n) is 5.63. The average molecular weight is 315 g/mol. The van der Waals surface area contributed by atoms with Crippen LogP contribution in [-0.4, -0.2) is 22.4 Å². The highest BCUT2D eigenvalue weighted by atomic mass is 16.6. The van der Waals surface area contributed by atoms with E-state index in [4.69, 9.17) is 10.5 Å². The summed E-state index contributed by atoms with van der Waals surface area (Å²) in [6.45, 7) is 1.60. The number of ether oxygens (including phenoxy) is 1. The van der Waals surface area contributed by atoms with Gasteiger partial charge in [-0.25, -0.2) is 4.79 Å². The molecule has 3 unspecified atom stereocenters. The highest BCUT2D eigenvalue weighted by Gasteiger charge is 2.29. The summed E-state index contributed by atoms with van der Waals surface area (Å²) in [6.07, 6.45) is -2.41. The van der Waals surface area contributed by atoms with Crippen molar-refractivity contribution in [3.05, 3.63) is 71.8 Å². The molecule has 2 rings (SSSR count). The fourth-order valence-corrected chi connectivity index (χ4v) is 2.33. The number of aliphatic hydroxyl groups excluding tert-OH is 1. The third kappa shape index (κ3) is 4.63. The van der Waals surface area contributed by atoms with Crippen LogP contribution in [0.2, 0.25) is 0 Å². The van der Waals surface area contributed by atoms with E-state index < -0.39 is 23.9 Å². The third-order valence-corrected chi connectivity index (χ3v) is 3.60. The maximum Gasteiger partial charge on any atom is 0.341 e. The number of benzene rings is 2. The van der Waals surface area contributed by atoms with Gasteiger partial charge >= 0.3 is 5.97 Å².